The first kappa shape index (κ1) is 15.0. The summed E-state index contributed by atoms with van der Waals surface area (Å²) in [6.45, 7) is 0. The lowest BCUT2D eigenvalue weighted by Gasteiger charge is -2.17. The average molecular weight is 337 g/mol. The number of hydrogen-bond donors (Lipinski definition) is 1. The molecule has 2 N–H and O–H groups in total. The lowest BCUT2D eigenvalue weighted by Crippen LogP contribution is -2.15. The molecule has 0 fully saturated rings. The first-order valence-electron chi connectivity index (χ1n) is 6.44. The van der Waals surface area contributed by atoms with Gasteiger partial charge in [-0.1, -0.05) is 34.1 Å². The van der Waals surface area contributed by atoms with E-state index in [-0.39, 0.29) is 11.9 Å². The standard InChI is InChI=1S/C16H18BrFN2/c1-20(2)14-5-3-4-12(8-14)16(19)9-11-6-7-13(17)10-15(11)18/h3-8,10,16H,9,19H2,1-2H3. The van der Waals surface area contributed by atoms with Crippen molar-refractivity contribution in [3.63, 3.8) is 0 Å². The number of halogens is 2. The molecule has 1 unspecified atom stereocenters. The second kappa shape index (κ2) is 6.37. The predicted molar refractivity (Wildman–Crippen MR) is 85.5 cm³/mol. The maximum Gasteiger partial charge on any atom is 0.127 e. The van der Waals surface area contributed by atoms with Crippen LogP contribution in [0.4, 0.5) is 10.1 Å². The number of rotatable bonds is 4. The van der Waals surface area contributed by atoms with Crippen molar-refractivity contribution in [2.75, 3.05) is 19.0 Å². The number of benzene rings is 2. The van der Waals surface area contributed by atoms with Gasteiger partial charge < -0.3 is 10.6 Å². The molecule has 1 atom stereocenters. The molecule has 0 heterocycles. The molecule has 20 heavy (non-hydrogen) atoms. The molecular weight excluding hydrogens is 319 g/mol. The van der Waals surface area contributed by atoms with E-state index in [9.17, 15) is 4.39 Å². The van der Waals surface area contributed by atoms with E-state index >= 15 is 0 Å². The summed E-state index contributed by atoms with van der Waals surface area (Å²) in [5, 5.41) is 0. The van der Waals surface area contributed by atoms with E-state index in [1.54, 1.807) is 6.07 Å². The van der Waals surface area contributed by atoms with Gasteiger partial charge in [-0.25, -0.2) is 4.39 Å². The molecule has 2 rings (SSSR count). The molecule has 2 aromatic carbocycles. The molecule has 2 nitrogen and oxygen atoms in total. The summed E-state index contributed by atoms with van der Waals surface area (Å²) in [6.07, 6.45) is 0.482. The van der Waals surface area contributed by atoms with Crippen LogP contribution in [0.5, 0.6) is 0 Å². The Morgan fingerprint density at radius 1 is 1.20 bits per heavy atom. The summed E-state index contributed by atoms with van der Waals surface area (Å²) in [6, 6.07) is 12.9. The summed E-state index contributed by atoms with van der Waals surface area (Å²) in [5.74, 6) is -0.224. The summed E-state index contributed by atoms with van der Waals surface area (Å²) in [4.78, 5) is 2.02. The van der Waals surface area contributed by atoms with Gasteiger partial charge in [0.1, 0.15) is 5.82 Å². The Bertz CT molecular complexity index is 599. The van der Waals surface area contributed by atoms with Crippen molar-refractivity contribution in [2.24, 2.45) is 5.73 Å². The van der Waals surface area contributed by atoms with E-state index in [0.717, 1.165) is 15.7 Å². The highest BCUT2D eigenvalue weighted by Gasteiger charge is 2.11. The van der Waals surface area contributed by atoms with Crippen LogP contribution in [-0.2, 0) is 6.42 Å². The zero-order valence-corrected chi connectivity index (χ0v) is 13.2. The van der Waals surface area contributed by atoms with Crippen LogP contribution in [0, 0.1) is 5.82 Å². The fraction of sp³-hybridized carbons (Fsp3) is 0.250. The lowest BCUT2D eigenvalue weighted by atomic mass is 9.99. The topological polar surface area (TPSA) is 29.3 Å². The molecule has 0 radical (unpaired) electrons. The van der Waals surface area contributed by atoms with Gasteiger partial charge in [-0.3, -0.25) is 0 Å². The summed E-state index contributed by atoms with van der Waals surface area (Å²) in [5.41, 5.74) is 8.95. The summed E-state index contributed by atoms with van der Waals surface area (Å²) < 4.78 is 14.6. The zero-order chi connectivity index (χ0) is 14.7. The summed E-state index contributed by atoms with van der Waals surface area (Å²) in [7, 11) is 3.97. The quantitative estimate of drug-likeness (QED) is 0.917. The van der Waals surface area contributed by atoms with Crippen molar-refractivity contribution >= 4 is 21.6 Å². The Balaban J connectivity index is 2.19. The fourth-order valence-electron chi connectivity index (χ4n) is 2.08. The molecule has 0 aliphatic heterocycles. The Kier molecular flexibility index (Phi) is 4.78. The molecule has 0 saturated carbocycles. The largest absolute Gasteiger partial charge is 0.378 e. The molecule has 106 valence electrons. The van der Waals surface area contributed by atoms with Gasteiger partial charge >= 0.3 is 0 Å². The van der Waals surface area contributed by atoms with Gasteiger partial charge in [-0.05, 0) is 41.8 Å². The first-order valence-corrected chi connectivity index (χ1v) is 7.23. The minimum atomic E-state index is -0.224. The maximum atomic E-state index is 13.8. The third-order valence-corrected chi connectivity index (χ3v) is 3.76. The third kappa shape index (κ3) is 3.58. The van der Waals surface area contributed by atoms with Crippen LogP contribution in [-0.4, -0.2) is 14.1 Å². The molecule has 2 aromatic rings. The number of nitrogens with two attached hydrogens (primary N) is 1. The molecular formula is C16H18BrFN2. The molecule has 0 aliphatic rings. The Morgan fingerprint density at radius 2 is 1.95 bits per heavy atom. The highest BCUT2D eigenvalue weighted by Crippen LogP contribution is 2.23. The highest BCUT2D eigenvalue weighted by molar-refractivity contribution is 9.10. The van der Waals surface area contributed by atoms with Crippen LogP contribution in [0.15, 0.2) is 46.9 Å². The van der Waals surface area contributed by atoms with Crippen LogP contribution in [0.1, 0.15) is 17.2 Å². The zero-order valence-electron chi connectivity index (χ0n) is 11.6. The Morgan fingerprint density at radius 3 is 2.60 bits per heavy atom. The van der Waals surface area contributed by atoms with E-state index < -0.39 is 0 Å². The molecule has 0 amide bonds. The Labute approximate surface area is 127 Å². The fourth-order valence-corrected chi connectivity index (χ4v) is 2.41. The van der Waals surface area contributed by atoms with Gasteiger partial charge in [0.25, 0.3) is 0 Å². The second-order valence-electron chi connectivity index (χ2n) is 5.04. The average Bonchev–Trinajstić information content (AvgIpc) is 2.42. The van der Waals surface area contributed by atoms with Gasteiger partial charge in [0.15, 0.2) is 0 Å². The molecule has 0 spiro atoms. The minimum absolute atomic E-state index is 0.217. The maximum absolute atomic E-state index is 13.8. The van der Waals surface area contributed by atoms with Gasteiger partial charge in [0.05, 0.1) is 0 Å². The van der Waals surface area contributed by atoms with Crippen molar-refractivity contribution in [2.45, 2.75) is 12.5 Å². The number of nitrogens with zero attached hydrogens (tertiary/aromatic N) is 1. The van der Waals surface area contributed by atoms with Crippen molar-refractivity contribution < 1.29 is 4.39 Å². The molecule has 0 aliphatic carbocycles. The van der Waals surface area contributed by atoms with Crippen LogP contribution >= 0.6 is 15.9 Å². The summed E-state index contributed by atoms with van der Waals surface area (Å²) >= 11 is 3.26. The normalized spacial score (nSPS) is 12.2. The molecule has 0 saturated heterocycles. The number of hydrogen-bond acceptors (Lipinski definition) is 2. The van der Waals surface area contributed by atoms with Gasteiger partial charge in [-0.2, -0.15) is 0 Å². The van der Waals surface area contributed by atoms with Gasteiger partial charge in [0, 0.05) is 30.3 Å². The number of anilines is 1. The monoisotopic (exact) mass is 336 g/mol. The highest BCUT2D eigenvalue weighted by atomic mass is 79.9. The molecule has 0 bridgehead atoms. The minimum Gasteiger partial charge on any atom is -0.378 e. The van der Waals surface area contributed by atoms with Gasteiger partial charge in [0.2, 0.25) is 0 Å². The van der Waals surface area contributed by atoms with Crippen LogP contribution < -0.4 is 10.6 Å². The predicted octanol–water partition coefficient (Wildman–Crippen LogP) is 3.90. The molecule has 4 heteroatoms. The second-order valence-corrected chi connectivity index (χ2v) is 5.95. The van der Waals surface area contributed by atoms with Crippen molar-refractivity contribution in [3.05, 3.63) is 63.9 Å². The smallest absolute Gasteiger partial charge is 0.127 e. The van der Waals surface area contributed by atoms with E-state index in [1.807, 2.05) is 49.3 Å². The van der Waals surface area contributed by atoms with Crippen LogP contribution in [0.3, 0.4) is 0 Å². The van der Waals surface area contributed by atoms with Crippen molar-refractivity contribution in [3.8, 4) is 0 Å². The van der Waals surface area contributed by atoms with Crippen LogP contribution in [0.25, 0.3) is 0 Å². The van der Waals surface area contributed by atoms with E-state index in [2.05, 4.69) is 15.9 Å². The van der Waals surface area contributed by atoms with Crippen molar-refractivity contribution in [1.82, 2.24) is 0 Å². The Hall–Kier alpha value is -1.39. The van der Waals surface area contributed by atoms with E-state index in [4.69, 9.17) is 5.73 Å². The van der Waals surface area contributed by atoms with E-state index in [1.165, 1.54) is 6.07 Å². The van der Waals surface area contributed by atoms with Crippen molar-refractivity contribution in [1.29, 1.82) is 0 Å². The lowest BCUT2D eigenvalue weighted by molar-refractivity contribution is 0.592. The SMILES string of the molecule is CN(C)c1cccc(C(N)Cc2ccc(Br)cc2F)c1. The van der Waals surface area contributed by atoms with Crippen LogP contribution in [0.2, 0.25) is 0 Å². The van der Waals surface area contributed by atoms with E-state index in [0.29, 0.717) is 12.0 Å². The first-order chi connectivity index (χ1) is 9.47. The van der Waals surface area contributed by atoms with Gasteiger partial charge in [-0.15, -0.1) is 0 Å². The molecule has 0 aromatic heterocycles. The third-order valence-electron chi connectivity index (χ3n) is 3.27.